The van der Waals surface area contributed by atoms with E-state index in [4.69, 9.17) is 9.98 Å². The third-order valence-electron chi connectivity index (χ3n) is 7.63. The van der Waals surface area contributed by atoms with Gasteiger partial charge in [-0.15, -0.1) is 0 Å². The molecule has 0 bridgehead atoms. The molecule has 31 heavy (non-hydrogen) atoms. The molecule has 1 aromatic rings. The van der Waals surface area contributed by atoms with Crippen LogP contribution in [-0.4, -0.2) is 35.0 Å². The Labute approximate surface area is 182 Å². The van der Waals surface area contributed by atoms with E-state index in [1.807, 2.05) is 6.07 Å². The predicted octanol–water partition coefficient (Wildman–Crippen LogP) is 4.31. The van der Waals surface area contributed by atoms with Crippen molar-refractivity contribution < 1.29 is 9.90 Å². The molecule has 0 amide bonds. The number of fused-ring (bicyclic) bond motifs is 1. The van der Waals surface area contributed by atoms with Crippen molar-refractivity contribution in [3.05, 3.63) is 41.5 Å². The molecule has 162 valence electrons. The summed E-state index contributed by atoms with van der Waals surface area (Å²) in [5.41, 5.74) is 4.45. The summed E-state index contributed by atoms with van der Waals surface area (Å²) in [5.74, 6) is 1.56. The summed E-state index contributed by atoms with van der Waals surface area (Å²) in [6.07, 6.45) is 11.2. The lowest BCUT2D eigenvalue weighted by molar-refractivity contribution is -0.145. The minimum atomic E-state index is -0.681. The molecular weight excluding hydrogens is 388 g/mol. The number of benzene rings is 1. The average molecular weight is 419 g/mol. The molecule has 6 nitrogen and oxygen atoms in total. The Bertz CT molecular complexity index is 977. The summed E-state index contributed by atoms with van der Waals surface area (Å²) in [6, 6.07) is 8.78. The zero-order chi connectivity index (χ0) is 20.9. The van der Waals surface area contributed by atoms with Crippen LogP contribution in [0.4, 0.5) is 5.69 Å². The van der Waals surface area contributed by atoms with Gasteiger partial charge >= 0.3 is 5.97 Å². The highest BCUT2D eigenvalue weighted by atomic mass is 16.4. The molecule has 0 radical (unpaired) electrons. The minimum Gasteiger partial charge on any atom is -0.481 e. The van der Waals surface area contributed by atoms with Gasteiger partial charge in [0, 0.05) is 17.3 Å². The number of aliphatic carboxylic acids is 1. The van der Waals surface area contributed by atoms with Crippen molar-refractivity contribution >= 4 is 23.3 Å². The van der Waals surface area contributed by atoms with E-state index in [1.165, 1.54) is 31.3 Å². The van der Waals surface area contributed by atoms with Gasteiger partial charge in [-0.25, -0.2) is 9.98 Å². The number of allylic oxidation sites excluding steroid dienone is 1. The van der Waals surface area contributed by atoms with Crippen molar-refractivity contribution in [3.63, 3.8) is 0 Å². The predicted molar refractivity (Wildman–Crippen MR) is 122 cm³/mol. The van der Waals surface area contributed by atoms with Gasteiger partial charge in [-0.2, -0.15) is 0 Å². The number of carboxylic acid groups (broad SMARTS) is 1. The van der Waals surface area contributed by atoms with E-state index in [0.29, 0.717) is 6.04 Å². The number of nitrogens with one attached hydrogen (secondary N) is 2. The second-order valence-corrected chi connectivity index (χ2v) is 9.86. The van der Waals surface area contributed by atoms with E-state index in [9.17, 15) is 9.90 Å². The fraction of sp³-hybridized carbons (Fsp3) is 0.560. The highest BCUT2D eigenvalue weighted by Gasteiger charge is 2.42. The van der Waals surface area contributed by atoms with Crippen molar-refractivity contribution in [2.75, 3.05) is 5.32 Å². The van der Waals surface area contributed by atoms with E-state index in [1.54, 1.807) is 0 Å². The van der Waals surface area contributed by atoms with E-state index in [0.717, 1.165) is 60.4 Å². The third-order valence-corrected chi connectivity index (χ3v) is 7.63. The van der Waals surface area contributed by atoms with Crippen LogP contribution in [0.1, 0.15) is 62.8 Å². The Morgan fingerprint density at radius 1 is 1.10 bits per heavy atom. The van der Waals surface area contributed by atoms with Crippen LogP contribution in [0.25, 0.3) is 0 Å². The monoisotopic (exact) mass is 418 g/mol. The Morgan fingerprint density at radius 3 is 2.58 bits per heavy atom. The molecule has 1 heterocycles. The molecule has 6 heteroatoms. The molecule has 3 saturated carbocycles. The summed E-state index contributed by atoms with van der Waals surface area (Å²) < 4.78 is 0. The Hall–Kier alpha value is -2.63. The van der Waals surface area contributed by atoms with Crippen LogP contribution in [0, 0.1) is 17.8 Å². The second kappa shape index (κ2) is 7.50. The largest absolute Gasteiger partial charge is 0.481 e. The van der Waals surface area contributed by atoms with Gasteiger partial charge in [-0.05, 0) is 86.8 Å². The van der Waals surface area contributed by atoms with Crippen LogP contribution in [-0.2, 0) is 4.79 Å². The maximum absolute atomic E-state index is 11.5. The average Bonchev–Trinajstić information content (AvgIpc) is 3.64. The molecule has 1 aliphatic heterocycles. The van der Waals surface area contributed by atoms with E-state index < -0.39 is 5.97 Å². The molecule has 0 saturated heterocycles. The van der Waals surface area contributed by atoms with Crippen LogP contribution in [0.3, 0.4) is 0 Å². The lowest BCUT2D eigenvalue weighted by Crippen LogP contribution is -2.41. The summed E-state index contributed by atoms with van der Waals surface area (Å²) in [7, 11) is 0. The quantitative estimate of drug-likeness (QED) is 0.616. The smallest absolute Gasteiger partial charge is 0.307 e. The molecule has 0 aromatic heterocycles. The van der Waals surface area contributed by atoms with Crippen molar-refractivity contribution in [1.29, 1.82) is 0 Å². The van der Waals surface area contributed by atoms with E-state index in [2.05, 4.69) is 34.9 Å². The number of aliphatic imine (C=N–C) groups is 2. The third kappa shape index (κ3) is 3.77. The maximum Gasteiger partial charge on any atom is 0.307 e. The zero-order valence-corrected chi connectivity index (χ0v) is 17.8. The van der Waals surface area contributed by atoms with Gasteiger partial charge in [0.05, 0.1) is 11.6 Å². The van der Waals surface area contributed by atoms with Crippen molar-refractivity contribution in [1.82, 2.24) is 5.32 Å². The van der Waals surface area contributed by atoms with Gasteiger partial charge < -0.3 is 15.7 Å². The molecule has 4 aliphatic carbocycles. The van der Waals surface area contributed by atoms with Crippen LogP contribution in [0.15, 0.2) is 45.9 Å². The fourth-order valence-corrected chi connectivity index (χ4v) is 5.44. The number of hydrogen-bond donors (Lipinski definition) is 3. The number of anilines is 1. The number of carboxylic acids is 1. The van der Waals surface area contributed by atoms with Crippen LogP contribution >= 0.6 is 0 Å². The summed E-state index contributed by atoms with van der Waals surface area (Å²) in [5, 5.41) is 16.7. The lowest BCUT2D eigenvalue weighted by Gasteiger charge is -2.34. The first-order chi connectivity index (χ1) is 15.2. The molecule has 1 aromatic carbocycles. The van der Waals surface area contributed by atoms with Crippen LogP contribution in [0.5, 0.6) is 0 Å². The number of carbonyl (C=O) groups is 1. The normalized spacial score (nSPS) is 29.5. The van der Waals surface area contributed by atoms with Crippen LogP contribution in [0.2, 0.25) is 0 Å². The van der Waals surface area contributed by atoms with Crippen molar-refractivity contribution in [2.45, 2.75) is 69.5 Å². The van der Waals surface area contributed by atoms with Crippen molar-refractivity contribution in [2.24, 2.45) is 27.7 Å². The van der Waals surface area contributed by atoms with Gasteiger partial charge in [0.25, 0.3) is 0 Å². The van der Waals surface area contributed by atoms with E-state index >= 15 is 0 Å². The number of nitrogens with zero attached hydrogens (tertiary/aromatic N) is 2. The van der Waals surface area contributed by atoms with Gasteiger partial charge in [0.1, 0.15) is 6.17 Å². The van der Waals surface area contributed by atoms with Crippen molar-refractivity contribution in [3.8, 4) is 0 Å². The first-order valence-electron chi connectivity index (χ1n) is 11.9. The Kier molecular flexibility index (Phi) is 4.62. The topological polar surface area (TPSA) is 86.1 Å². The molecule has 0 spiro atoms. The Balaban J connectivity index is 1.22. The molecule has 3 unspecified atom stereocenters. The van der Waals surface area contributed by atoms with Gasteiger partial charge in [0.15, 0.2) is 0 Å². The first-order valence-corrected chi connectivity index (χ1v) is 11.9. The molecule has 3 N–H and O–H groups in total. The summed E-state index contributed by atoms with van der Waals surface area (Å²) >= 11 is 0. The number of rotatable bonds is 7. The van der Waals surface area contributed by atoms with Gasteiger partial charge in [-0.1, -0.05) is 18.2 Å². The number of guanidine groups is 1. The lowest BCUT2D eigenvalue weighted by atomic mass is 9.70. The molecule has 6 rings (SSSR count). The Morgan fingerprint density at radius 2 is 1.90 bits per heavy atom. The molecule has 3 atom stereocenters. The highest BCUT2D eigenvalue weighted by Crippen LogP contribution is 2.45. The van der Waals surface area contributed by atoms with Crippen LogP contribution < -0.4 is 10.6 Å². The maximum atomic E-state index is 11.5. The minimum absolute atomic E-state index is 0.118. The summed E-state index contributed by atoms with van der Waals surface area (Å²) in [6.45, 7) is 0. The molecular formula is C25H30N4O2. The molecule has 5 aliphatic rings. The van der Waals surface area contributed by atoms with E-state index in [-0.39, 0.29) is 18.0 Å². The zero-order valence-electron chi connectivity index (χ0n) is 17.8. The fourth-order valence-electron chi connectivity index (χ4n) is 5.44. The highest BCUT2D eigenvalue weighted by molar-refractivity contribution is 6.11. The molecule has 3 fully saturated rings. The second-order valence-electron chi connectivity index (χ2n) is 9.86. The van der Waals surface area contributed by atoms with Gasteiger partial charge in [0.2, 0.25) is 5.96 Å². The van der Waals surface area contributed by atoms with Gasteiger partial charge in [-0.3, -0.25) is 4.79 Å². The SMILES string of the molecule is O=C(O)C1CCC1c1cccc(NC2N=C(NC(C3CC3)C3CC3)N=C3CCC=C32)c1. The standard InChI is InChI=1S/C25H30N4O2/c30-24(31)19-12-11-18(19)16-3-1-4-17(13-16)26-23-20-5-2-6-21(20)27-25(29-23)28-22(14-7-8-14)15-9-10-15/h1,3-5,13-15,18-19,22-23,26H,2,6-12H2,(H,28,29)(H,30,31). The first kappa shape index (κ1) is 19.1. The number of hydrogen-bond acceptors (Lipinski definition) is 5. The summed E-state index contributed by atoms with van der Waals surface area (Å²) in [4.78, 5) is 21.3.